The Morgan fingerprint density at radius 1 is 0.367 bits per heavy atom. The molecule has 4 aliphatic rings. The van der Waals surface area contributed by atoms with Gasteiger partial charge >= 0.3 is 0 Å². The van der Waals surface area contributed by atoms with Crippen molar-refractivity contribution in [3.05, 3.63) is 119 Å². The minimum atomic E-state index is -2.27. The lowest BCUT2D eigenvalue weighted by Gasteiger charge is -2.43. The second-order valence-corrected chi connectivity index (χ2v) is 16.2. The molecule has 322 valence electrons. The van der Waals surface area contributed by atoms with Crippen LogP contribution in [0.1, 0.15) is 99.3 Å². The Balaban J connectivity index is 1.14. The monoisotopic (exact) mass is 826 g/mol. The number of aliphatic hydroxyl groups is 4. The first kappa shape index (κ1) is 42.5. The maximum atomic E-state index is 13.0. The molecule has 12 nitrogen and oxygen atoms in total. The molecule has 8 rings (SSSR count). The van der Waals surface area contributed by atoms with Crippen LogP contribution in [-0.4, -0.2) is 84.2 Å². The van der Waals surface area contributed by atoms with Crippen molar-refractivity contribution in [1.29, 1.82) is 0 Å². The van der Waals surface area contributed by atoms with Gasteiger partial charge in [0.2, 0.25) is 0 Å². The van der Waals surface area contributed by atoms with Gasteiger partial charge in [0, 0.05) is 25.7 Å². The highest BCUT2D eigenvalue weighted by molar-refractivity contribution is 5.46. The summed E-state index contributed by atoms with van der Waals surface area (Å²) < 4.78 is 47.5. The number of hydrogen-bond acceptors (Lipinski definition) is 12. The number of aliphatic hydroxyl groups excluding tert-OH is 2. The summed E-state index contributed by atoms with van der Waals surface area (Å²) in [5, 5.41) is 51.1. The van der Waals surface area contributed by atoms with Crippen molar-refractivity contribution >= 4 is 0 Å². The van der Waals surface area contributed by atoms with E-state index in [1.165, 1.54) is 0 Å². The second-order valence-electron chi connectivity index (χ2n) is 16.2. The molecule has 4 aliphatic heterocycles. The van der Waals surface area contributed by atoms with E-state index in [0.29, 0.717) is 49.4 Å². The zero-order valence-electron chi connectivity index (χ0n) is 34.1. The van der Waals surface area contributed by atoms with Gasteiger partial charge in [0.25, 0.3) is 0 Å². The van der Waals surface area contributed by atoms with Crippen LogP contribution >= 0.6 is 0 Å². The molecule has 0 amide bonds. The molecule has 6 unspecified atom stereocenters. The van der Waals surface area contributed by atoms with E-state index >= 15 is 0 Å². The van der Waals surface area contributed by atoms with Crippen molar-refractivity contribution < 1.29 is 58.3 Å². The summed E-state index contributed by atoms with van der Waals surface area (Å²) in [4.78, 5) is 0. The largest absolute Gasteiger partial charge is 0.465 e. The van der Waals surface area contributed by atoms with Crippen molar-refractivity contribution in [2.24, 2.45) is 0 Å². The van der Waals surface area contributed by atoms with Gasteiger partial charge in [-0.05, 0) is 122 Å². The van der Waals surface area contributed by atoms with Crippen molar-refractivity contribution in [1.82, 2.24) is 0 Å². The normalized spacial score (nSPS) is 25.5. The molecule has 0 aromatic heterocycles. The van der Waals surface area contributed by atoms with Gasteiger partial charge in [-0.25, -0.2) is 0 Å². The molecule has 12 heteroatoms. The molecule has 4 fully saturated rings. The van der Waals surface area contributed by atoms with E-state index in [1.54, 1.807) is 97.1 Å². The molecule has 4 saturated heterocycles. The zero-order chi connectivity index (χ0) is 41.4. The van der Waals surface area contributed by atoms with E-state index in [4.69, 9.17) is 37.9 Å². The topological polar surface area (TPSA) is 155 Å². The number of ether oxygens (including phenoxy) is 8. The molecule has 4 aromatic carbocycles. The molecule has 4 aromatic rings. The first-order valence-corrected chi connectivity index (χ1v) is 21.6. The lowest BCUT2D eigenvalue weighted by molar-refractivity contribution is -0.167. The van der Waals surface area contributed by atoms with Gasteiger partial charge in [-0.3, -0.25) is 0 Å². The van der Waals surface area contributed by atoms with Crippen LogP contribution in [0.5, 0.6) is 23.0 Å². The van der Waals surface area contributed by atoms with E-state index in [-0.39, 0.29) is 47.4 Å². The fourth-order valence-electron chi connectivity index (χ4n) is 8.45. The Bertz CT molecular complexity index is 1630. The van der Waals surface area contributed by atoms with Crippen LogP contribution in [-0.2, 0) is 30.1 Å². The van der Waals surface area contributed by atoms with Crippen molar-refractivity contribution in [3.8, 4) is 23.0 Å². The lowest BCUT2D eigenvalue weighted by atomic mass is 9.72. The molecule has 6 atom stereocenters. The Morgan fingerprint density at radius 2 is 0.583 bits per heavy atom. The van der Waals surface area contributed by atoms with Crippen molar-refractivity contribution in [2.75, 3.05) is 26.4 Å². The Labute approximate surface area is 351 Å². The van der Waals surface area contributed by atoms with Crippen LogP contribution in [0.2, 0.25) is 0 Å². The maximum absolute atomic E-state index is 13.0. The molecule has 0 bridgehead atoms. The van der Waals surface area contributed by atoms with Crippen LogP contribution in [0.4, 0.5) is 0 Å². The lowest BCUT2D eigenvalue weighted by Crippen LogP contribution is -2.56. The summed E-state index contributed by atoms with van der Waals surface area (Å²) in [6.45, 7) is 2.49. The fraction of sp³-hybridized carbons (Fsp3) is 0.500. The van der Waals surface area contributed by atoms with Crippen molar-refractivity contribution in [3.63, 3.8) is 0 Å². The molecule has 4 N–H and O–H groups in total. The third-order valence-corrected chi connectivity index (χ3v) is 12.0. The molecular weight excluding hydrogens is 769 g/mol. The molecule has 60 heavy (non-hydrogen) atoms. The molecular formula is C48H58O12. The third-order valence-electron chi connectivity index (χ3n) is 12.0. The Hall–Kier alpha value is -4.24. The van der Waals surface area contributed by atoms with Crippen LogP contribution in [0.15, 0.2) is 97.1 Å². The van der Waals surface area contributed by atoms with E-state index < -0.39 is 23.4 Å². The fourth-order valence-corrected chi connectivity index (χ4v) is 8.45. The van der Waals surface area contributed by atoms with E-state index in [0.717, 1.165) is 77.0 Å². The predicted molar refractivity (Wildman–Crippen MR) is 221 cm³/mol. The summed E-state index contributed by atoms with van der Waals surface area (Å²) in [7, 11) is 0. The average molecular weight is 827 g/mol. The van der Waals surface area contributed by atoms with Gasteiger partial charge in [0.05, 0.1) is 26.4 Å². The van der Waals surface area contributed by atoms with Crippen LogP contribution in [0.3, 0.4) is 0 Å². The zero-order valence-corrected chi connectivity index (χ0v) is 34.1. The Morgan fingerprint density at radius 3 is 0.767 bits per heavy atom. The predicted octanol–water partition coefficient (Wildman–Crippen LogP) is 7.20. The van der Waals surface area contributed by atoms with Gasteiger partial charge in [-0.2, -0.15) is 0 Å². The first-order valence-electron chi connectivity index (χ1n) is 21.6. The third kappa shape index (κ3) is 9.77. The second kappa shape index (κ2) is 19.6. The smallest absolute Gasteiger partial charge is 0.199 e. The van der Waals surface area contributed by atoms with E-state index in [2.05, 4.69) is 0 Å². The summed E-state index contributed by atoms with van der Waals surface area (Å²) >= 11 is 0. The number of hydrogen-bond donors (Lipinski definition) is 4. The van der Waals surface area contributed by atoms with Gasteiger partial charge in [0.15, 0.2) is 25.2 Å². The summed E-state index contributed by atoms with van der Waals surface area (Å²) in [5.74, 6) is 2.10. The minimum absolute atomic E-state index is 0.255. The summed E-state index contributed by atoms with van der Waals surface area (Å²) in [6, 6.07) is 26.8. The average Bonchev–Trinajstić information content (AvgIpc) is 3.30. The molecule has 0 radical (unpaired) electrons. The molecule has 0 saturated carbocycles. The molecule has 4 heterocycles. The first-order chi connectivity index (χ1) is 29.3. The van der Waals surface area contributed by atoms with Gasteiger partial charge < -0.3 is 58.3 Å². The van der Waals surface area contributed by atoms with E-state index in [9.17, 15) is 20.4 Å². The Kier molecular flexibility index (Phi) is 13.9. The quantitative estimate of drug-likeness (QED) is 0.0959. The molecule has 0 aliphatic carbocycles. The van der Waals surface area contributed by atoms with Gasteiger partial charge in [-0.1, -0.05) is 48.5 Å². The van der Waals surface area contributed by atoms with Crippen LogP contribution in [0.25, 0.3) is 0 Å². The standard InChI is InChI=1S/C48H58O12/c49-45(47(51,33-13-21-37(22-14-33)57-41-9-1-5-29-53-41)34-15-23-38(24-16-34)58-42-10-2-6-30-54-42)46(50)48(52,35-17-25-39(26-18-35)59-43-11-3-7-31-55-43)36-19-27-40(28-20-36)60-44-12-4-8-32-56-44/h13-28,41-46,49-52H,1-12,29-32H2. The van der Waals surface area contributed by atoms with Crippen molar-refractivity contribution in [2.45, 2.75) is 126 Å². The highest BCUT2D eigenvalue weighted by Crippen LogP contribution is 2.44. The number of benzene rings is 4. The summed E-state index contributed by atoms with van der Waals surface area (Å²) in [5.41, 5.74) is -3.52. The molecule has 0 spiro atoms. The number of rotatable bonds is 15. The SMILES string of the molecule is OC(C(O)C(O)(c1ccc(OC2CCCCO2)cc1)c1ccc(OC2CCCCO2)cc1)C(O)(c1ccc(OC2CCCCO2)cc1)c1ccc(OC2CCCCO2)cc1. The summed E-state index contributed by atoms with van der Waals surface area (Å²) in [6.07, 6.45) is 5.41. The van der Waals surface area contributed by atoms with Crippen LogP contribution in [0, 0.1) is 0 Å². The van der Waals surface area contributed by atoms with E-state index in [1.807, 2.05) is 0 Å². The maximum Gasteiger partial charge on any atom is 0.199 e. The highest BCUT2D eigenvalue weighted by atomic mass is 16.7. The minimum Gasteiger partial charge on any atom is -0.465 e. The highest BCUT2D eigenvalue weighted by Gasteiger charge is 2.52. The van der Waals surface area contributed by atoms with Crippen LogP contribution < -0.4 is 18.9 Å². The van der Waals surface area contributed by atoms with Gasteiger partial charge in [0.1, 0.15) is 46.4 Å². The van der Waals surface area contributed by atoms with Gasteiger partial charge in [-0.15, -0.1) is 0 Å².